The summed E-state index contributed by atoms with van der Waals surface area (Å²) in [5.41, 5.74) is 3.40. The van der Waals surface area contributed by atoms with E-state index in [1.807, 2.05) is 71.4 Å². The van der Waals surface area contributed by atoms with Gasteiger partial charge < -0.3 is 19.9 Å². The molecule has 0 radical (unpaired) electrons. The summed E-state index contributed by atoms with van der Waals surface area (Å²) in [4.78, 5) is 21.0. The van der Waals surface area contributed by atoms with Crippen molar-refractivity contribution in [2.45, 2.75) is 6.42 Å². The second-order valence-electron chi connectivity index (χ2n) is 6.90. The van der Waals surface area contributed by atoms with Crippen molar-refractivity contribution < 1.29 is 9.53 Å². The Labute approximate surface area is 180 Å². The Morgan fingerprint density at radius 3 is 2.55 bits per heavy atom. The molecule has 0 unspecified atom stereocenters. The molecule has 4 aromatic rings. The quantitative estimate of drug-likeness (QED) is 0.456. The van der Waals surface area contributed by atoms with Gasteiger partial charge in [-0.3, -0.25) is 4.79 Å². The van der Waals surface area contributed by atoms with Crippen LogP contribution in [0.4, 0.5) is 11.5 Å². The van der Waals surface area contributed by atoms with E-state index >= 15 is 0 Å². The molecule has 31 heavy (non-hydrogen) atoms. The Morgan fingerprint density at radius 2 is 1.84 bits per heavy atom. The van der Waals surface area contributed by atoms with Gasteiger partial charge in [-0.1, -0.05) is 18.2 Å². The van der Waals surface area contributed by atoms with Gasteiger partial charge in [-0.05, 0) is 60.5 Å². The van der Waals surface area contributed by atoms with Crippen molar-refractivity contribution in [3.63, 3.8) is 0 Å². The number of imidazole rings is 1. The number of methoxy groups -OCH3 is 1. The van der Waals surface area contributed by atoms with Gasteiger partial charge in [0.2, 0.25) is 0 Å². The summed E-state index contributed by atoms with van der Waals surface area (Å²) < 4.78 is 7.09. The predicted molar refractivity (Wildman–Crippen MR) is 120 cm³/mol. The molecule has 2 N–H and O–H groups in total. The fourth-order valence-corrected chi connectivity index (χ4v) is 3.11. The number of aromatic nitrogens is 3. The first-order chi connectivity index (χ1) is 15.2. The second-order valence-corrected chi connectivity index (χ2v) is 6.90. The Balaban J connectivity index is 1.33. The van der Waals surface area contributed by atoms with Crippen molar-refractivity contribution >= 4 is 17.4 Å². The third-order valence-electron chi connectivity index (χ3n) is 4.78. The first-order valence-corrected chi connectivity index (χ1v) is 9.95. The molecule has 2 aromatic heterocycles. The fraction of sp³-hybridized carbons (Fsp3) is 0.125. The number of amides is 1. The van der Waals surface area contributed by atoms with Gasteiger partial charge in [0.25, 0.3) is 5.91 Å². The number of pyridine rings is 1. The van der Waals surface area contributed by atoms with Gasteiger partial charge in [-0.25, -0.2) is 9.97 Å². The predicted octanol–water partition coefficient (Wildman–Crippen LogP) is 3.99. The first kappa shape index (κ1) is 20.2. The maximum Gasteiger partial charge on any atom is 0.269 e. The lowest BCUT2D eigenvalue weighted by Crippen LogP contribution is -2.26. The van der Waals surface area contributed by atoms with Gasteiger partial charge in [-0.15, -0.1) is 0 Å². The van der Waals surface area contributed by atoms with Gasteiger partial charge in [-0.2, -0.15) is 0 Å². The summed E-state index contributed by atoms with van der Waals surface area (Å²) in [5.74, 6) is 1.23. The molecule has 7 nitrogen and oxygen atoms in total. The number of anilines is 2. The summed E-state index contributed by atoms with van der Waals surface area (Å²) in [6.07, 6.45) is 6.11. The van der Waals surface area contributed by atoms with Crippen LogP contribution in [-0.4, -0.2) is 34.1 Å². The number of nitrogens with zero attached hydrogens (tertiary/aromatic N) is 3. The van der Waals surface area contributed by atoms with Crippen LogP contribution in [0.2, 0.25) is 0 Å². The van der Waals surface area contributed by atoms with E-state index in [1.54, 1.807) is 25.7 Å². The molecule has 2 heterocycles. The van der Waals surface area contributed by atoms with Crippen molar-refractivity contribution in [1.29, 1.82) is 0 Å². The summed E-state index contributed by atoms with van der Waals surface area (Å²) in [5, 5.41) is 6.16. The summed E-state index contributed by atoms with van der Waals surface area (Å²) in [6, 6.07) is 21.0. The Morgan fingerprint density at radius 1 is 1.03 bits per heavy atom. The van der Waals surface area contributed by atoms with Crippen LogP contribution in [-0.2, 0) is 6.42 Å². The third kappa shape index (κ3) is 5.27. The summed E-state index contributed by atoms with van der Waals surface area (Å²) >= 11 is 0. The van der Waals surface area contributed by atoms with E-state index < -0.39 is 0 Å². The Kier molecular flexibility index (Phi) is 6.23. The highest BCUT2D eigenvalue weighted by Gasteiger charge is 2.08. The molecular weight excluding hydrogens is 390 g/mol. The zero-order valence-electron chi connectivity index (χ0n) is 17.2. The van der Waals surface area contributed by atoms with Crippen molar-refractivity contribution in [3.05, 3.63) is 96.7 Å². The van der Waals surface area contributed by atoms with Gasteiger partial charge in [0, 0.05) is 30.3 Å². The molecule has 0 aliphatic rings. The molecule has 0 spiro atoms. The highest BCUT2D eigenvalue weighted by atomic mass is 16.5. The molecular formula is C24H23N5O2. The number of benzene rings is 2. The molecule has 2 aromatic carbocycles. The van der Waals surface area contributed by atoms with Crippen LogP contribution in [0.1, 0.15) is 16.1 Å². The Hall–Kier alpha value is -4.13. The first-order valence-electron chi connectivity index (χ1n) is 9.95. The van der Waals surface area contributed by atoms with Crippen LogP contribution >= 0.6 is 0 Å². The zero-order valence-corrected chi connectivity index (χ0v) is 17.2. The van der Waals surface area contributed by atoms with Crippen LogP contribution in [0.25, 0.3) is 5.69 Å². The lowest BCUT2D eigenvalue weighted by Gasteiger charge is -2.09. The van der Waals surface area contributed by atoms with E-state index in [-0.39, 0.29) is 5.91 Å². The Bertz CT molecular complexity index is 1120. The molecule has 4 rings (SSSR count). The summed E-state index contributed by atoms with van der Waals surface area (Å²) in [6.45, 7) is 0.528. The minimum atomic E-state index is -0.201. The zero-order chi connectivity index (χ0) is 21.5. The highest BCUT2D eigenvalue weighted by molar-refractivity contribution is 5.92. The van der Waals surface area contributed by atoms with Crippen molar-refractivity contribution in [3.8, 4) is 11.4 Å². The minimum Gasteiger partial charge on any atom is -0.497 e. The molecule has 0 saturated heterocycles. The number of hydrogen-bond acceptors (Lipinski definition) is 5. The highest BCUT2D eigenvalue weighted by Crippen LogP contribution is 2.17. The van der Waals surface area contributed by atoms with E-state index in [0.29, 0.717) is 18.1 Å². The minimum absolute atomic E-state index is 0.201. The van der Waals surface area contributed by atoms with Gasteiger partial charge in [0.05, 0.1) is 13.4 Å². The van der Waals surface area contributed by atoms with Crippen LogP contribution in [0.3, 0.4) is 0 Å². The molecule has 7 heteroatoms. The second kappa shape index (κ2) is 9.58. The molecule has 1 amide bonds. The number of ether oxygens (including phenoxy) is 1. The molecule has 0 aliphatic heterocycles. The van der Waals surface area contributed by atoms with Gasteiger partial charge >= 0.3 is 0 Å². The largest absolute Gasteiger partial charge is 0.497 e. The monoisotopic (exact) mass is 413 g/mol. The molecule has 156 valence electrons. The van der Waals surface area contributed by atoms with E-state index in [0.717, 1.165) is 29.1 Å². The molecule has 0 atom stereocenters. The van der Waals surface area contributed by atoms with Crippen molar-refractivity contribution in [1.82, 2.24) is 19.9 Å². The number of carbonyl (C=O) groups is 1. The number of nitrogens with one attached hydrogen (secondary N) is 2. The van der Waals surface area contributed by atoms with E-state index in [1.165, 1.54) is 0 Å². The number of hydrogen-bond donors (Lipinski definition) is 2. The van der Waals surface area contributed by atoms with Gasteiger partial charge in [0.15, 0.2) is 0 Å². The number of rotatable bonds is 8. The van der Waals surface area contributed by atoms with Crippen LogP contribution in [0.5, 0.6) is 5.75 Å². The maximum atomic E-state index is 12.5. The molecule has 0 bridgehead atoms. The van der Waals surface area contributed by atoms with E-state index in [9.17, 15) is 4.79 Å². The van der Waals surface area contributed by atoms with Crippen molar-refractivity contribution in [2.75, 3.05) is 19.0 Å². The third-order valence-corrected chi connectivity index (χ3v) is 4.78. The number of carbonyl (C=O) groups excluding carboxylic acids is 1. The van der Waals surface area contributed by atoms with Gasteiger partial charge in [0.1, 0.15) is 17.3 Å². The average Bonchev–Trinajstić information content (AvgIpc) is 3.35. The molecule has 0 saturated carbocycles. The van der Waals surface area contributed by atoms with Crippen LogP contribution in [0, 0.1) is 0 Å². The fourth-order valence-electron chi connectivity index (χ4n) is 3.11. The SMILES string of the molecule is COc1ccc(CCNC(=O)c2cccc(Nc3ccc(-n4ccnc4)cc3)n2)cc1. The van der Waals surface area contributed by atoms with Crippen LogP contribution < -0.4 is 15.4 Å². The lowest BCUT2D eigenvalue weighted by atomic mass is 10.1. The smallest absolute Gasteiger partial charge is 0.269 e. The van der Waals surface area contributed by atoms with Crippen molar-refractivity contribution in [2.24, 2.45) is 0 Å². The molecule has 0 aliphatic carbocycles. The lowest BCUT2D eigenvalue weighted by molar-refractivity contribution is 0.0949. The van der Waals surface area contributed by atoms with E-state index in [4.69, 9.17) is 4.74 Å². The summed E-state index contributed by atoms with van der Waals surface area (Å²) in [7, 11) is 1.64. The van der Waals surface area contributed by atoms with E-state index in [2.05, 4.69) is 20.6 Å². The topological polar surface area (TPSA) is 81.1 Å². The maximum absolute atomic E-state index is 12.5. The van der Waals surface area contributed by atoms with Crippen LogP contribution in [0.15, 0.2) is 85.5 Å². The normalized spacial score (nSPS) is 10.5. The average molecular weight is 413 g/mol. The standard InChI is InChI=1S/C24H23N5O2/c1-31-21-11-5-18(6-12-21)13-14-26-24(30)22-3-2-4-23(28-22)27-19-7-9-20(10-8-19)29-16-15-25-17-29/h2-12,15-17H,13-14H2,1H3,(H,26,30)(H,27,28). The molecule has 0 fully saturated rings.